The Morgan fingerprint density at radius 1 is 1.25 bits per heavy atom. The van der Waals surface area contributed by atoms with Crippen molar-refractivity contribution in [1.82, 2.24) is 4.98 Å². The summed E-state index contributed by atoms with van der Waals surface area (Å²) >= 11 is 6.78. The molecule has 1 aromatic heterocycles. The van der Waals surface area contributed by atoms with E-state index in [-0.39, 0.29) is 24.2 Å². The van der Waals surface area contributed by atoms with Crippen LogP contribution in [0.25, 0.3) is 0 Å². The minimum atomic E-state index is -0.375. The van der Waals surface area contributed by atoms with E-state index in [0.717, 1.165) is 14.6 Å². The Kier molecular flexibility index (Phi) is 5.01. The zero-order valence-corrected chi connectivity index (χ0v) is 16.1. The van der Waals surface area contributed by atoms with Gasteiger partial charge in [0.05, 0.1) is 11.6 Å². The number of nitrogens with zero attached hydrogens (tertiary/aromatic N) is 3. The Hall–Kier alpha value is -1.73. The minimum absolute atomic E-state index is 0.0441. The molecule has 3 rings (SSSR count). The number of hydrogen-bond donors (Lipinski definition) is 0. The molecule has 1 saturated heterocycles. The average molecular weight is 453 g/mol. The highest BCUT2D eigenvalue weighted by molar-refractivity contribution is 9.10. The number of carbonyl (C=O) groups is 2. The summed E-state index contributed by atoms with van der Waals surface area (Å²) in [7, 11) is 1.68. The van der Waals surface area contributed by atoms with E-state index < -0.39 is 0 Å². The second-order valence-corrected chi connectivity index (χ2v) is 7.36. The molecule has 0 saturated carbocycles. The third-order valence-electron chi connectivity index (χ3n) is 4.00. The van der Waals surface area contributed by atoms with Gasteiger partial charge in [0.15, 0.2) is 0 Å². The van der Waals surface area contributed by atoms with Gasteiger partial charge in [-0.15, -0.1) is 0 Å². The van der Waals surface area contributed by atoms with Gasteiger partial charge in [-0.25, -0.2) is 4.98 Å². The monoisotopic (exact) mass is 451 g/mol. The van der Waals surface area contributed by atoms with Crippen LogP contribution in [0.4, 0.5) is 11.5 Å². The molecular formula is C17H15Br2N3O2. The first-order chi connectivity index (χ1) is 11.5. The van der Waals surface area contributed by atoms with Gasteiger partial charge in [-0.05, 0) is 56.1 Å². The Bertz CT molecular complexity index is 780. The molecule has 2 heterocycles. The molecule has 24 heavy (non-hydrogen) atoms. The van der Waals surface area contributed by atoms with E-state index >= 15 is 0 Å². The zero-order valence-electron chi connectivity index (χ0n) is 12.9. The van der Waals surface area contributed by atoms with Gasteiger partial charge in [-0.1, -0.05) is 12.1 Å². The van der Waals surface area contributed by atoms with Gasteiger partial charge in [-0.2, -0.15) is 0 Å². The Morgan fingerprint density at radius 3 is 2.67 bits per heavy atom. The van der Waals surface area contributed by atoms with Crippen LogP contribution in [0.5, 0.6) is 0 Å². The molecule has 1 atom stereocenters. The molecule has 1 aliphatic heterocycles. The third kappa shape index (κ3) is 3.37. The van der Waals surface area contributed by atoms with Crippen LogP contribution in [-0.4, -0.2) is 30.4 Å². The predicted molar refractivity (Wildman–Crippen MR) is 99.9 cm³/mol. The normalized spacial score (nSPS) is 17.2. The van der Waals surface area contributed by atoms with Crippen LogP contribution >= 0.6 is 31.9 Å². The molecule has 1 aliphatic rings. The van der Waals surface area contributed by atoms with E-state index in [2.05, 4.69) is 36.8 Å². The fraction of sp³-hybridized carbons (Fsp3) is 0.235. The standard InChI is InChI=1S/C17H15Br2N3O2/c1-21(15-7-6-12(18)9-20-15)17(24)11-8-16(23)22(10-11)14-5-3-2-4-13(14)19/h2-7,9,11H,8,10H2,1H3/t11-/m1/s1. The molecule has 0 radical (unpaired) electrons. The molecule has 7 heteroatoms. The van der Waals surface area contributed by atoms with E-state index in [9.17, 15) is 9.59 Å². The van der Waals surface area contributed by atoms with Crippen LogP contribution < -0.4 is 9.80 Å². The molecular weight excluding hydrogens is 438 g/mol. The van der Waals surface area contributed by atoms with E-state index in [1.165, 1.54) is 4.90 Å². The fourth-order valence-electron chi connectivity index (χ4n) is 2.73. The molecule has 0 bridgehead atoms. The van der Waals surface area contributed by atoms with Crippen molar-refractivity contribution in [3.63, 3.8) is 0 Å². The highest BCUT2D eigenvalue weighted by Crippen LogP contribution is 2.32. The second-order valence-electron chi connectivity index (χ2n) is 5.59. The van der Waals surface area contributed by atoms with Gasteiger partial charge in [-0.3, -0.25) is 14.5 Å². The Morgan fingerprint density at radius 2 is 2.00 bits per heavy atom. The topological polar surface area (TPSA) is 53.5 Å². The summed E-state index contributed by atoms with van der Waals surface area (Å²) in [5, 5.41) is 0. The van der Waals surface area contributed by atoms with Crippen LogP contribution in [0.2, 0.25) is 0 Å². The molecule has 1 aromatic carbocycles. The molecule has 0 aliphatic carbocycles. The molecule has 2 aromatic rings. The molecule has 0 unspecified atom stereocenters. The van der Waals surface area contributed by atoms with Gasteiger partial charge in [0.25, 0.3) is 0 Å². The summed E-state index contributed by atoms with van der Waals surface area (Å²) in [6.45, 7) is 0.376. The van der Waals surface area contributed by atoms with Crippen molar-refractivity contribution in [2.75, 3.05) is 23.4 Å². The number of para-hydroxylation sites is 1. The first kappa shape index (κ1) is 17.1. The van der Waals surface area contributed by atoms with Crippen LogP contribution in [0, 0.1) is 5.92 Å². The Labute approximate surface area is 156 Å². The van der Waals surface area contributed by atoms with Crippen molar-refractivity contribution in [3.8, 4) is 0 Å². The number of benzene rings is 1. The molecule has 1 fully saturated rings. The lowest BCUT2D eigenvalue weighted by molar-refractivity contribution is -0.124. The van der Waals surface area contributed by atoms with Gasteiger partial charge in [0.1, 0.15) is 5.82 Å². The van der Waals surface area contributed by atoms with Crippen molar-refractivity contribution in [2.45, 2.75) is 6.42 Å². The SMILES string of the molecule is CN(C(=O)[C@@H]1CC(=O)N(c2ccccc2Br)C1)c1ccc(Br)cn1. The largest absolute Gasteiger partial charge is 0.310 e. The lowest BCUT2D eigenvalue weighted by Gasteiger charge is -2.21. The number of rotatable bonds is 3. The van der Waals surface area contributed by atoms with Gasteiger partial charge in [0, 0.05) is 35.2 Å². The summed E-state index contributed by atoms with van der Waals surface area (Å²) < 4.78 is 1.69. The molecule has 0 N–H and O–H groups in total. The summed E-state index contributed by atoms with van der Waals surface area (Å²) in [6.07, 6.45) is 1.85. The number of amides is 2. The van der Waals surface area contributed by atoms with Crippen molar-refractivity contribution in [1.29, 1.82) is 0 Å². The molecule has 2 amide bonds. The second kappa shape index (κ2) is 7.03. The lowest BCUT2D eigenvalue weighted by Crippen LogP contribution is -2.35. The van der Waals surface area contributed by atoms with E-state index in [1.807, 2.05) is 30.3 Å². The molecule has 0 spiro atoms. The summed E-state index contributed by atoms with van der Waals surface area (Å²) in [5.74, 6) is 0.0418. The lowest BCUT2D eigenvalue weighted by atomic mass is 10.1. The van der Waals surface area contributed by atoms with E-state index in [0.29, 0.717) is 12.4 Å². The number of halogens is 2. The summed E-state index contributed by atoms with van der Waals surface area (Å²) in [5.41, 5.74) is 0.794. The van der Waals surface area contributed by atoms with E-state index in [1.54, 1.807) is 24.2 Å². The first-order valence-electron chi connectivity index (χ1n) is 7.41. The smallest absolute Gasteiger partial charge is 0.233 e. The maximum Gasteiger partial charge on any atom is 0.233 e. The minimum Gasteiger partial charge on any atom is -0.310 e. The maximum atomic E-state index is 12.7. The molecule has 5 nitrogen and oxygen atoms in total. The highest BCUT2D eigenvalue weighted by Gasteiger charge is 2.37. The van der Waals surface area contributed by atoms with Crippen molar-refractivity contribution in [3.05, 3.63) is 51.5 Å². The molecule has 124 valence electrons. The third-order valence-corrected chi connectivity index (χ3v) is 5.14. The van der Waals surface area contributed by atoms with E-state index in [4.69, 9.17) is 0 Å². The summed E-state index contributed by atoms with van der Waals surface area (Å²) in [6, 6.07) is 11.1. The highest BCUT2D eigenvalue weighted by atomic mass is 79.9. The van der Waals surface area contributed by atoms with Crippen LogP contribution in [0.15, 0.2) is 51.5 Å². The first-order valence-corrected chi connectivity index (χ1v) is 9.00. The van der Waals surface area contributed by atoms with Gasteiger partial charge < -0.3 is 4.90 Å². The average Bonchev–Trinajstić information content (AvgIpc) is 2.96. The van der Waals surface area contributed by atoms with Gasteiger partial charge in [0.2, 0.25) is 11.8 Å². The predicted octanol–water partition coefficient (Wildman–Crippen LogP) is 3.62. The van der Waals surface area contributed by atoms with Crippen LogP contribution in [0.3, 0.4) is 0 Å². The van der Waals surface area contributed by atoms with Crippen LogP contribution in [-0.2, 0) is 9.59 Å². The van der Waals surface area contributed by atoms with Crippen LogP contribution in [0.1, 0.15) is 6.42 Å². The van der Waals surface area contributed by atoms with Crippen molar-refractivity contribution < 1.29 is 9.59 Å². The number of hydrogen-bond acceptors (Lipinski definition) is 3. The quantitative estimate of drug-likeness (QED) is 0.714. The number of carbonyl (C=O) groups excluding carboxylic acids is 2. The van der Waals surface area contributed by atoms with Crippen molar-refractivity contribution in [2.24, 2.45) is 5.92 Å². The number of aromatic nitrogens is 1. The maximum absolute atomic E-state index is 12.7. The Balaban J connectivity index is 1.76. The zero-order chi connectivity index (χ0) is 17.3. The fourth-order valence-corrected chi connectivity index (χ4v) is 3.46. The van der Waals surface area contributed by atoms with Crippen molar-refractivity contribution >= 4 is 55.2 Å². The summed E-state index contributed by atoms with van der Waals surface area (Å²) in [4.78, 5) is 32.5. The van der Waals surface area contributed by atoms with Gasteiger partial charge >= 0.3 is 0 Å². The number of pyridine rings is 1. The number of anilines is 2.